The van der Waals surface area contributed by atoms with Crippen LogP contribution >= 0.6 is 0 Å². The first kappa shape index (κ1) is 31.8. The molecule has 0 spiro atoms. The van der Waals surface area contributed by atoms with Crippen molar-refractivity contribution in [2.24, 2.45) is 5.73 Å². The van der Waals surface area contributed by atoms with Crippen LogP contribution in [-0.4, -0.2) is 102 Å². The fraction of sp³-hybridized carbons (Fsp3) is 0.833. The van der Waals surface area contributed by atoms with Crippen molar-refractivity contribution in [3.05, 3.63) is 0 Å². The molecular formula is C6H13NO21S5. The van der Waals surface area contributed by atoms with Crippen molar-refractivity contribution in [1.82, 2.24) is 0 Å². The molecule has 0 rings (SSSR count). The number of nitrogens with two attached hydrogens (primary N) is 1. The normalized spacial score (nSPS) is 17.7. The van der Waals surface area contributed by atoms with Gasteiger partial charge in [-0.25, -0.2) is 20.9 Å². The van der Waals surface area contributed by atoms with E-state index in [9.17, 15) is 46.9 Å². The molecule has 4 atom stereocenters. The molecule has 0 aromatic heterocycles. The number of amides is 1. The minimum atomic E-state index is -5.98. The molecule has 7 N–H and O–H groups in total. The Hall–Kier alpha value is -1.18. The molecule has 198 valence electrons. The van der Waals surface area contributed by atoms with Gasteiger partial charge in [-0.05, 0) is 0 Å². The molecule has 33 heavy (non-hydrogen) atoms. The molecule has 0 aliphatic carbocycles. The molecule has 1 amide bonds. The lowest BCUT2D eigenvalue weighted by Crippen LogP contribution is -2.56. The Morgan fingerprint density at radius 2 is 0.970 bits per heavy atom. The predicted octanol–water partition coefficient (Wildman–Crippen LogP) is -4.96. The average Bonchev–Trinajstić information content (AvgIpc) is 2.48. The maximum Gasteiger partial charge on any atom is 0.398 e. The van der Waals surface area contributed by atoms with E-state index in [1.54, 1.807) is 0 Å². The molecule has 0 aliphatic rings. The fourth-order valence-electron chi connectivity index (χ4n) is 1.77. The zero-order valence-corrected chi connectivity index (χ0v) is 19.0. The average molecular weight is 595 g/mol. The van der Waals surface area contributed by atoms with Crippen LogP contribution < -0.4 is 5.73 Å². The van der Waals surface area contributed by atoms with E-state index in [4.69, 9.17) is 28.5 Å². The first-order valence-corrected chi connectivity index (χ1v) is 13.7. The SMILES string of the molecule is NC(=O)[C@H](OS(=O)(=O)O)[C@@H](OS(=O)(=O)O)[C@H](OS(=O)(=O)O)[C@@H](COS(=O)(=O)O)OS(=O)(=O)O. The van der Waals surface area contributed by atoms with E-state index in [1.165, 1.54) is 0 Å². The molecule has 0 unspecified atom stereocenters. The van der Waals surface area contributed by atoms with Gasteiger partial charge in [0.1, 0.15) is 18.3 Å². The van der Waals surface area contributed by atoms with Crippen LogP contribution in [0.3, 0.4) is 0 Å². The quantitative estimate of drug-likeness (QED) is 0.0965. The van der Waals surface area contributed by atoms with Crippen LogP contribution in [0.2, 0.25) is 0 Å². The van der Waals surface area contributed by atoms with Gasteiger partial charge in [0.25, 0.3) is 5.91 Å². The first-order valence-electron chi connectivity index (χ1n) is 6.83. The number of hydrogen-bond acceptors (Lipinski definition) is 16. The Balaban J connectivity index is 7.00. The topological polar surface area (TPSA) is 361 Å². The third-order valence-electron chi connectivity index (χ3n) is 2.59. The summed E-state index contributed by atoms with van der Waals surface area (Å²) in [5, 5.41) is 0. The lowest BCUT2D eigenvalue weighted by Gasteiger charge is -2.32. The number of primary amides is 1. The zero-order valence-electron chi connectivity index (χ0n) is 14.9. The summed E-state index contributed by atoms with van der Waals surface area (Å²) in [5.74, 6) is -2.19. The molecule has 0 saturated heterocycles. The van der Waals surface area contributed by atoms with Gasteiger partial charge in [-0.1, -0.05) is 0 Å². The van der Waals surface area contributed by atoms with Gasteiger partial charge in [-0.3, -0.25) is 27.6 Å². The van der Waals surface area contributed by atoms with E-state index in [2.05, 4.69) is 20.9 Å². The van der Waals surface area contributed by atoms with Gasteiger partial charge in [0.05, 0.1) is 6.61 Å². The smallest absolute Gasteiger partial charge is 0.367 e. The Labute approximate surface area is 185 Å². The summed E-state index contributed by atoms with van der Waals surface area (Å²) in [6, 6.07) is 0. The van der Waals surface area contributed by atoms with Crippen LogP contribution in [0.25, 0.3) is 0 Å². The molecule has 0 radical (unpaired) electrons. The Morgan fingerprint density at radius 1 is 0.606 bits per heavy atom. The molecule has 0 aromatic rings. The van der Waals surface area contributed by atoms with Crippen molar-refractivity contribution in [3.63, 3.8) is 0 Å². The second kappa shape index (κ2) is 11.0. The molecule has 22 nitrogen and oxygen atoms in total. The van der Waals surface area contributed by atoms with Crippen LogP contribution in [0, 0.1) is 0 Å². The van der Waals surface area contributed by atoms with Crippen LogP contribution in [0.4, 0.5) is 0 Å². The molecule has 0 heterocycles. The predicted molar refractivity (Wildman–Crippen MR) is 92.4 cm³/mol. The van der Waals surface area contributed by atoms with Gasteiger partial charge >= 0.3 is 52.0 Å². The maximum atomic E-state index is 11.5. The highest BCUT2D eigenvalue weighted by molar-refractivity contribution is 7.82. The summed E-state index contributed by atoms with van der Waals surface area (Å²) >= 11 is 0. The van der Waals surface area contributed by atoms with Crippen molar-refractivity contribution in [2.75, 3.05) is 6.61 Å². The Bertz CT molecular complexity index is 1230. The van der Waals surface area contributed by atoms with Crippen LogP contribution in [0.5, 0.6) is 0 Å². The summed E-state index contributed by atoms with van der Waals surface area (Å²) in [5.41, 5.74) is 4.70. The fourth-order valence-corrected chi connectivity index (χ4v) is 4.02. The molecule has 27 heteroatoms. The highest BCUT2D eigenvalue weighted by atomic mass is 32.3. The van der Waals surface area contributed by atoms with E-state index in [1.807, 2.05) is 0 Å². The summed E-state index contributed by atoms with van der Waals surface area (Å²) in [4.78, 5) is 11.5. The Kier molecular flexibility index (Phi) is 10.6. The number of rotatable bonds is 15. The summed E-state index contributed by atoms with van der Waals surface area (Å²) < 4.78 is 172. The minimum absolute atomic E-state index is 2.00. The molecule has 0 aliphatic heterocycles. The standard InChI is InChI=1S/C6H13NO21S5/c7-6(8)5(28-33(21,22)23)4(27-32(18,19)20)3(26-31(15,16)17)2(25-30(12,13)14)1-24-29(9,10)11/h2-5H,1H2,(H2,7,8)(H,9,10,11)(H,12,13,14)(H,15,16,17)(H,18,19,20)(H,21,22,23)/t2-,3-,4+,5-/m1/s1. The van der Waals surface area contributed by atoms with Gasteiger partial charge in [0, 0.05) is 0 Å². The highest BCUT2D eigenvalue weighted by Gasteiger charge is 2.48. The van der Waals surface area contributed by atoms with Gasteiger partial charge in [0.2, 0.25) is 0 Å². The summed E-state index contributed by atoms with van der Waals surface area (Å²) in [7, 11) is -29.2. The second-order valence-corrected chi connectivity index (χ2v) is 10.4. The van der Waals surface area contributed by atoms with E-state index in [0.29, 0.717) is 0 Å². The third kappa shape index (κ3) is 15.4. The third-order valence-corrected chi connectivity index (χ3v) is 4.89. The van der Waals surface area contributed by atoms with Crippen molar-refractivity contribution < 1.29 is 90.6 Å². The number of hydrogen-bond donors (Lipinski definition) is 6. The minimum Gasteiger partial charge on any atom is -0.367 e. The number of carbonyl (C=O) groups is 1. The molecule has 0 saturated carbocycles. The van der Waals surface area contributed by atoms with Crippen molar-refractivity contribution in [3.8, 4) is 0 Å². The van der Waals surface area contributed by atoms with Crippen molar-refractivity contribution >= 4 is 57.9 Å². The van der Waals surface area contributed by atoms with Crippen LogP contribution in [-0.2, 0) is 77.7 Å². The van der Waals surface area contributed by atoms with Gasteiger partial charge in [-0.2, -0.15) is 42.1 Å². The molecule has 0 bridgehead atoms. The first-order chi connectivity index (χ1) is 14.3. The van der Waals surface area contributed by atoms with Crippen molar-refractivity contribution in [1.29, 1.82) is 0 Å². The molecular weight excluding hydrogens is 582 g/mol. The van der Waals surface area contributed by atoms with Crippen LogP contribution in [0.1, 0.15) is 0 Å². The van der Waals surface area contributed by atoms with Gasteiger partial charge in [-0.15, -0.1) is 0 Å². The summed E-state index contributed by atoms with van der Waals surface area (Å²) in [6.45, 7) is -2.00. The Morgan fingerprint density at radius 3 is 1.27 bits per heavy atom. The lowest BCUT2D eigenvalue weighted by molar-refractivity contribution is -0.136. The van der Waals surface area contributed by atoms with E-state index in [0.717, 1.165) is 0 Å². The van der Waals surface area contributed by atoms with Crippen molar-refractivity contribution in [2.45, 2.75) is 24.4 Å². The molecule has 0 aromatic carbocycles. The van der Waals surface area contributed by atoms with E-state index >= 15 is 0 Å². The largest absolute Gasteiger partial charge is 0.398 e. The van der Waals surface area contributed by atoms with Crippen LogP contribution in [0.15, 0.2) is 0 Å². The van der Waals surface area contributed by atoms with Gasteiger partial charge in [0.15, 0.2) is 6.10 Å². The van der Waals surface area contributed by atoms with Gasteiger partial charge < -0.3 is 5.73 Å². The highest BCUT2D eigenvalue weighted by Crippen LogP contribution is 2.23. The lowest BCUT2D eigenvalue weighted by atomic mass is 10.0. The second-order valence-electron chi connectivity index (χ2n) is 5.10. The molecule has 0 fully saturated rings. The van der Waals surface area contributed by atoms with E-state index in [-0.39, 0.29) is 0 Å². The zero-order chi connectivity index (χ0) is 26.6. The number of carbonyl (C=O) groups excluding carboxylic acids is 1. The summed E-state index contributed by atoms with van der Waals surface area (Å²) in [6.07, 6.45) is -13.2. The maximum absolute atomic E-state index is 11.5. The van der Waals surface area contributed by atoms with E-state index < -0.39 is 88.9 Å². The monoisotopic (exact) mass is 595 g/mol.